The molecular weight excluding hydrogens is 150 g/mol. The van der Waals surface area contributed by atoms with Crippen LogP contribution >= 0.6 is 0 Å². The van der Waals surface area contributed by atoms with Crippen LogP contribution < -0.4 is 5.32 Å². The van der Waals surface area contributed by atoms with Crippen molar-refractivity contribution in [1.82, 2.24) is 5.32 Å². The molecule has 1 heterocycles. The number of rotatable bonds is 3. The zero-order valence-corrected chi connectivity index (χ0v) is 8.05. The molecule has 0 saturated carbocycles. The molecule has 2 unspecified atom stereocenters. The number of aliphatic hydroxyl groups excluding tert-OH is 1. The van der Waals surface area contributed by atoms with E-state index in [1.54, 1.807) is 0 Å². The lowest BCUT2D eigenvalue weighted by Crippen LogP contribution is -2.21. The second-order valence-electron chi connectivity index (χ2n) is 3.80. The van der Waals surface area contributed by atoms with Crippen molar-refractivity contribution in [3.63, 3.8) is 0 Å². The summed E-state index contributed by atoms with van der Waals surface area (Å²) < 4.78 is 0. The summed E-state index contributed by atoms with van der Waals surface area (Å²) in [5.74, 6) is 0.556. The van der Waals surface area contributed by atoms with Gasteiger partial charge in [-0.15, -0.1) is 0 Å². The van der Waals surface area contributed by atoms with Crippen molar-refractivity contribution in [2.45, 2.75) is 45.1 Å². The Kier molecular flexibility index (Phi) is 4.62. The molecule has 0 bridgehead atoms. The monoisotopic (exact) mass is 171 g/mol. The van der Waals surface area contributed by atoms with Crippen molar-refractivity contribution in [2.75, 3.05) is 13.1 Å². The summed E-state index contributed by atoms with van der Waals surface area (Å²) >= 11 is 0. The molecule has 72 valence electrons. The Balaban J connectivity index is 2.27. The van der Waals surface area contributed by atoms with Gasteiger partial charge in [0.25, 0.3) is 0 Å². The highest BCUT2D eigenvalue weighted by Gasteiger charge is 2.19. The van der Waals surface area contributed by atoms with E-state index in [0.29, 0.717) is 5.92 Å². The summed E-state index contributed by atoms with van der Waals surface area (Å²) in [6, 6.07) is 0. The molecular formula is C10H21NO. The van der Waals surface area contributed by atoms with Gasteiger partial charge in [-0.1, -0.05) is 13.3 Å². The minimum absolute atomic E-state index is 0.0464. The van der Waals surface area contributed by atoms with Crippen molar-refractivity contribution in [2.24, 2.45) is 5.92 Å². The summed E-state index contributed by atoms with van der Waals surface area (Å²) in [4.78, 5) is 0. The molecule has 2 nitrogen and oxygen atoms in total. The molecule has 1 fully saturated rings. The molecule has 0 spiro atoms. The second-order valence-corrected chi connectivity index (χ2v) is 3.80. The van der Waals surface area contributed by atoms with Gasteiger partial charge in [0.2, 0.25) is 0 Å². The average Bonchev–Trinajstić information content (AvgIpc) is 2.32. The zero-order chi connectivity index (χ0) is 8.81. The molecule has 0 aromatic rings. The van der Waals surface area contributed by atoms with Gasteiger partial charge >= 0.3 is 0 Å². The standard InChI is InChI=1S/C10H21NO/c1-2-4-10(12)9-5-3-7-11-8-6-9/h9-12H,2-8H2,1H3. The van der Waals surface area contributed by atoms with Crippen LogP contribution in [0.4, 0.5) is 0 Å². The Morgan fingerprint density at radius 3 is 3.00 bits per heavy atom. The van der Waals surface area contributed by atoms with Gasteiger partial charge < -0.3 is 10.4 Å². The van der Waals surface area contributed by atoms with Crippen molar-refractivity contribution in [1.29, 1.82) is 0 Å². The maximum absolute atomic E-state index is 9.77. The van der Waals surface area contributed by atoms with Crippen molar-refractivity contribution in [3.05, 3.63) is 0 Å². The van der Waals surface area contributed by atoms with E-state index in [0.717, 1.165) is 32.4 Å². The highest BCUT2D eigenvalue weighted by atomic mass is 16.3. The molecule has 1 aliphatic heterocycles. The van der Waals surface area contributed by atoms with Crippen LogP contribution in [0.1, 0.15) is 39.0 Å². The smallest absolute Gasteiger partial charge is 0.0568 e. The fourth-order valence-electron chi connectivity index (χ4n) is 1.96. The lowest BCUT2D eigenvalue weighted by atomic mass is 9.92. The van der Waals surface area contributed by atoms with Gasteiger partial charge in [-0.3, -0.25) is 0 Å². The lowest BCUT2D eigenvalue weighted by molar-refractivity contribution is 0.0911. The maximum atomic E-state index is 9.77. The highest BCUT2D eigenvalue weighted by molar-refractivity contribution is 4.73. The Bertz CT molecular complexity index is 108. The van der Waals surface area contributed by atoms with Crippen molar-refractivity contribution >= 4 is 0 Å². The lowest BCUT2D eigenvalue weighted by Gasteiger charge is -2.20. The van der Waals surface area contributed by atoms with Crippen LogP contribution in [0.25, 0.3) is 0 Å². The molecule has 1 saturated heterocycles. The van der Waals surface area contributed by atoms with Crippen LogP contribution in [0, 0.1) is 5.92 Å². The van der Waals surface area contributed by atoms with E-state index in [-0.39, 0.29) is 6.10 Å². The van der Waals surface area contributed by atoms with E-state index in [9.17, 15) is 5.11 Å². The summed E-state index contributed by atoms with van der Waals surface area (Å²) in [5, 5.41) is 13.1. The van der Waals surface area contributed by atoms with Crippen LogP contribution in [0.5, 0.6) is 0 Å². The van der Waals surface area contributed by atoms with E-state index >= 15 is 0 Å². The summed E-state index contributed by atoms with van der Waals surface area (Å²) in [7, 11) is 0. The first kappa shape index (κ1) is 10.0. The third-order valence-electron chi connectivity index (χ3n) is 2.75. The van der Waals surface area contributed by atoms with Gasteiger partial charge in [0.15, 0.2) is 0 Å². The van der Waals surface area contributed by atoms with Gasteiger partial charge in [0.05, 0.1) is 6.10 Å². The normalized spacial score (nSPS) is 28.0. The van der Waals surface area contributed by atoms with Gasteiger partial charge in [-0.05, 0) is 44.7 Å². The van der Waals surface area contributed by atoms with Crippen LogP contribution in [0.2, 0.25) is 0 Å². The second kappa shape index (κ2) is 5.55. The van der Waals surface area contributed by atoms with Crippen LogP contribution in [0.3, 0.4) is 0 Å². The molecule has 0 aromatic heterocycles. The molecule has 0 amide bonds. The predicted molar refractivity (Wildman–Crippen MR) is 51.1 cm³/mol. The van der Waals surface area contributed by atoms with Gasteiger partial charge in [0.1, 0.15) is 0 Å². The minimum atomic E-state index is -0.0464. The van der Waals surface area contributed by atoms with Gasteiger partial charge in [-0.2, -0.15) is 0 Å². The third kappa shape index (κ3) is 3.11. The predicted octanol–water partition coefficient (Wildman–Crippen LogP) is 1.54. The first-order valence-corrected chi connectivity index (χ1v) is 5.23. The molecule has 1 aliphatic rings. The Labute approximate surface area is 75.4 Å². The van der Waals surface area contributed by atoms with E-state index < -0.39 is 0 Å². The average molecular weight is 171 g/mol. The van der Waals surface area contributed by atoms with Crippen LogP contribution in [0.15, 0.2) is 0 Å². The quantitative estimate of drug-likeness (QED) is 0.675. The molecule has 2 atom stereocenters. The fraction of sp³-hybridized carbons (Fsp3) is 1.00. The van der Waals surface area contributed by atoms with Gasteiger partial charge in [-0.25, -0.2) is 0 Å². The molecule has 0 aliphatic carbocycles. The molecule has 0 aromatic carbocycles. The van der Waals surface area contributed by atoms with Crippen molar-refractivity contribution in [3.8, 4) is 0 Å². The molecule has 12 heavy (non-hydrogen) atoms. The molecule has 0 radical (unpaired) electrons. The molecule has 2 N–H and O–H groups in total. The summed E-state index contributed by atoms with van der Waals surface area (Å²) in [6.07, 6.45) is 5.62. The summed E-state index contributed by atoms with van der Waals surface area (Å²) in [6.45, 7) is 4.36. The fourth-order valence-corrected chi connectivity index (χ4v) is 1.96. The first-order chi connectivity index (χ1) is 5.84. The number of nitrogens with one attached hydrogen (secondary N) is 1. The van der Waals surface area contributed by atoms with Crippen LogP contribution in [-0.4, -0.2) is 24.3 Å². The van der Waals surface area contributed by atoms with E-state index in [1.165, 1.54) is 12.8 Å². The SMILES string of the molecule is CCCC(O)C1CCCNCC1. The van der Waals surface area contributed by atoms with Crippen LogP contribution in [-0.2, 0) is 0 Å². The summed E-state index contributed by atoms with van der Waals surface area (Å²) in [5.41, 5.74) is 0. The highest BCUT2D eigenvalue weighted by Crippen LogP contribution is 2.20. The Morgan fingerprint density at radius 1 is 1.42 bits per heavy atom. The first-order valence-electron chi connectivity index (χ1n) is 5.23. The number of aliphatic hydroxyl groups is 1. The Hall–Kier alpha value is -0.0800. The van der Waals surface area contributed by atoms with Gasteiger partial charge in [0, 0.05) is 0 Å². The van der Waals surface area contributed by atoms with E-state index in [1.807, 2.05) is 0 Å². The minimum Gasteiger partial charge on any atom is -0.393 e. The number of hydrogen-bond donors (Lipinski definition) is 2. The number of hydrogen-bond acceptors (Lipinski definition) is 2. The Morgan fingerprint density at radius 2 is 2.25 bits per heavy atom. The largest absolute Gasteiger partial charge is 0.393 e. The topological polar surface area (TPSA) is 32.3 Å². The molecule has 2 heteroatoms. The third-order valence-corrected chi connectivity index (χ3v) is 2.75. The van der Waals surface area contributed by atoms with E-state index in [4.69, 9.17) is 0 Å². The van der Waals surface area contributed by atoms with E-state index in [2.05, 4.69) is 12.2 Å². The maximum Gasteiger partial charge on any atom is 0.0568 e. The zero-order valence-electron chi connectivity index (χ0n) is 8.05. The molecule has 1 rings (SSSR count). The van der Waals surface area contributed by atoms with Crippen molar-refractivity contribution < 1.29 is 5.11 Å².